The van der Waals surface area contributed by atoms with Gasteiger partial charge >= 0.3 is 0 Å². The summed E-state index contributed by atoms with van der Waals surface area (Å²) >= 11 is 0.688. The molecule has 4 nitrogen and oxygen atoms in total. The molecule has 0 aliphatic carbocycles. The molecular weight excluding hydrogens is 296 g/mol. The Kier molecular flexibility index (Phi) is 4.70. The first-order chi connectivity index (χ1) is 10.0. The normalized spacial score (nSPS) is 10.4. The third kappa shape index (κ3) is 3.67. The van der Waals surface area contributed by atoms with Crippen molar-refractivity contribution in [2.45, 2.75) is 29.8 Å². The smallest absolute Gasteiger partial charge is 0.251 e. The van der Waals surface area contributed by atoms with Gasteiger partial charge in [0.15, 0.2) is 5.16 Å². The Labute approximate surface area is 123 Å². The number of hydrogen-bond donors (Lipinski definition) is 1. The van der Waals surface area contributed by atoms with Crippen LogP contribution in [-0.2, 0) is 6.42 Å². The highest BCUT2D eigenvalue weighted by atomic mass is 32.2. The predicted octanol–water partition coefficient (Wildman–Crippen LogP) is 3.02. The van der Waals surface area contributed by atoms with Gasteiger partial charge in [-0.25, -0.2) is 13.8 Å². The van der Waals surface area contributed by atoms with Crippen LogP contribution < -0.4 is 5.56 Å². The number of H-pyrrole nitrogens is 1. The van der Waals surface area contributed by atoms with Crippen molar-refractivity contribution < 1.29 is 8.78 Å². The first kappa shape index (κ1) is 15.2. The molecule has 21 heavy (non-hydrogen) atoms. The molecule has 1 aromatic heterocycles. The maximum Gasteiger partial charge on any atom is 0.251 e. The highest BCUT2D eigenvalue weighted by Crippen LogP contribution is 2.30. The molecule has 7 heteroatoms. The molecule has 2 aromatic rings. The molecule has 0 bridgehead atoms. The maximum atomic E-state index is 13.8. The number of benzene rings is 1. The van der Waals surface area contributed by atoms with Crippen LogP contribution in [0.25, 0.3) is 0 Å². The number of halogens is 2. The molecule has 0 radical (unpaired) electrons. The first-order valence-corrected chi connectivity index (χ1v) is 7.02. The van der Waals surface area contributed by atoms with Crippen LogP contribution >= 0.6 is 11.8 Å². The molecule has 0 atom stereocenters. The zero-order valence-corrected chi connectivity index (χ0v) is 11.9. The lowest BCUT2D eigenvalue weighted by Crippen LogP contribution is -2.10. The highest BCUT2D eigenvalue weighted by Gasteiger charge is 2.14. The summed E-state index contributed by atoms with van der Waals surface area (Å²) in [5.74, 6) is -1.72. The standard InChI is InChI=1S/C14H11F2N3OS/c1-2-3-9-6-12(20)19-14(18-9)21-13-10(15)4-8(7-17)5-11(13)16/h4-6H,2-3H2,1H3,(H,18,19,20). The third-order valence-corrected chi connectivity index (χ3v) is 3.59. The van der Waals surface area contributed by atoms with Gasteiger partial charge < -0.3 is 4.98 Å². The summed E-state index contributed by atoms with van der Waals surface area (Å²) in [6, 6.07) is 4.92. The van der Waals surface area contributed by atoms with Gasteiger partial charge in [0.1, 0.15) is 11.6 Å². The van der Waals surface area contributed by atoms with Crippen LogP contribution in [0.1, 0.15) is 24.6 Å². The molecular formula is C14H11F2N3OS. The van der Waals surface area contributed by atoms with Crippen molar-refractivity contribution >= 4 is 11.8 Å². The van der Waals surface area contributed by atoms with E-state index in [0.717, 1.165) is 18.6 Å². The lowest BCUT2D eigenvalue weighted by atomic mass is 10.2. The average molecular weight is 307 g/mol. The molecule has 1 heterocycles. The van der Waals surface area contributed by atoms with E-state index >= 15 is 0 Å². The Bertz CT molecular complexity index is 745. The molecule has 0 unspecified atom stereocenters. The lowest BCUT2D eigenvalue weighted by Gasteiger charge is -2.06. The molecule has 0 amide bonds. The van der Waals surface area contributed by atoms with E-state index < -0.39 is 11.6 Å². The predicted molar refractivity (Wildman–Crippen MR) is 74.0 cm³/mol. The molecule has 1 aromatic carbocycles. The van der Waals surface area contributed by atoms with Crippen LogP contribution in [0.3, 0.4) is 0 Å². The maximum absolute atomic E-state index is 13.8. The Morgan fingerprint density at radius 3 is 2.57 bits per heavy atom. The number of aromatic amines is 1. The minimum Gasteiger partial charge on any atom is -0.301 e. The summed E-state index contributed by atoms with van der Waals surface area (Å²) < 4.78 is 27.6. The van der Waals surface area contributed by atoms with Crippen molar-refractivity contribution in [1.29, 1.82) is 5.26 Å². The Balaban J connectivity index is 2.39. The first-order valence-electron chi connectivity index (χ1n) is 6.20. The number of aromatic nitrogens is 2. The molecule has 2 rings (SSSR count). The lowest BCUT2D eigenvalue weighted by molar-refractivity contribution is 0.539. The quantitative estimate of drug-likeness (QED) is 0.882. The van der Waals surface area contributed by atoms with Gasteiger partial charge in [-0.1, -0.05) is 13.3 Å². The van der Waals surface area contributed by atoms with Gasteiger partial charge in [-0.15, -0.1) is 0 Å². The van der Waals surface area contributed by atoms with Crippen LogP contribution in [0.2, 0.25) is 0 Å². The Morgan fingerprint density at radius 1 is 1.33 bits per heavy atom. The van der Waals surface area contributed by atoms with Gasteiger partial charge in [-0.05, 0) is 30.3 Å². The van der Waals surface area contributed by atoms with E-state index in [1.807, 2.05) is 6.92 Å². The van der Waals surface area contributed by atoms with E-state index in [9.17, 15) is 13.6 Å². The van der Waals surface area contributed by atoms with Crippen LogP contribution in [-0.4, -0.2) is 9.97 Å². The molecule has 0 aliphatic rings. The van der Waals surface area contributed by atoms with E-state index in [-0.39, 0.29) is 21.2 Å². The molecule has 0 saturated carbocycles. The summed E-state index contributed by atoms with van der Waals surface area (Å²) in [4.78, 5) is 17.8. The Hall–Kier alpha value is -2.20. The monoisotopic (exact) mass is 307 g/mol. The zero-order valence-electron chi connectivity index (χ0n) is 11.1. The molecule has 0 spiro atoms. The van der Waals surface area contributed by atoms with Crippen LogP contribution in [0.5, 0.6) is 0 Å². The van der Waals surface area contributed by atoms with Crippen LogP contribution in [0, 0.1) is 23.0 Å². The molecule has 1 N–H and O–H groups in total. The fourth-order valence-corrected chi connectivity index (χ4v) is 2.56. The van der Waals surface area contributed by atoms with Crippen LogP contribution in [0.15, 0.2) is 33.0 Å². The van der Waals surface area contributed by atoms with Crippen molar-refractivity contribution in [3.8, 4) is 6.07 Å². The number of nitrogens with one attached hydrogen (secondary N) is 1. The third-order valence-electron chi connectivity index (χ3n) is 2.61. The summed E-state index contributed by atoms with van der Waals surface area (Å²) in [6.45, 7) is 1.94. The number of aryl methyl sites for hydroxylation is 1. The number of nitriles is 1. The van der Waals surface area contributed by atoms with Crippen molar-refractivity contribution in [3.63, 3.8) is 0 Å². The summed E-state index contributed by atoms with van der Waals surface area (Å²) in [5, 5.41) is 8.77. The van der Waals surface area contributed by atoms with E-state index in [0.29, 0.717) is 23.9 Å². The summed E-state index contributed by atoms with van der Waals surface area (Å²) in [7, 11) is 0. The Morgan fingerprint density at radius 2 is 2.00 bits per heavy atom. The van der Waals surface area contributed by atoms with Gasteiger partial charge in [-0.3, -0.25) is 4.79 Å². The topological polar surface area (TPSA) is 69.5 Å². The van der Waals surface area contributed by atoms with Gasteiger partial charge in [0.2, 0.25) is 0 Å². The molecule has 0 fully saturated rings. The van der Waals surface area contributed by atoms with Gasteiger partial charge in [-0.2, -0.15) is 5.26 Å². The van der Waals surface area contributed by atoms with Crippen molar-refractivity contribution in [1.82, 2.24) is 9.97 Å². The van der Waals surface area contributed by atoms with E-state index in [1.165, 1.54) is 6.07 Å². The van der Waals surface area contributed by atoms with E-state index in [2.05, 4.69) is 9.97 Å². The average Bonchev–Trinajstić information content (AvgIpc) is 2.42. The van der Waals surface area contributed by atoms with Gasteiger partial charge in [0.25, 0.3) is 5.56 Å². The van der Waals surface area contributed by atoms with E-state index in [1.54, 1.807) is 6.07 Å². The van der Waals surface area contributed by atoms with Gasteiger partial charge in [0.05, 0.1) is 16.5 Å². The summed E-state index contributed by atoms with van der Waals surface area (Å²) in [6.07, 6.45) is 1.41. The highest BCUT2D eigenvalue weighted by molar-refractivity contribution is 7.99. The molecule has 0 saturated heterocycles. The zero-order chi connectivity index (χ0) is 15.4. The number of rotatable bonds is 4. The van der Waals surface area contributed by atoms with Gasteiger partial charge in [0, 0.05) is 11.8 Å². The minimum absolute atomic E-state index is 0.101. The second-order valence-electron chi connectivity index (χ2n) is 4.27. The molecule has 108 valence electrons. The number of hydrogen-bond acceptors (Lipinski definition) is 4. The fraction of sp³-hybridized carbons (Fsp3) is 0.214. The number of nitrogens with zero attached hydrogens (tertiary/aromatic N) is 2. The SMILES string of the molecule is CCCc1cc(=O)[nH]c(Sc2c(F)cc(C#N)cc2F)n1. The van der Waals surface area contributed by atoms with Crippen molar-refractivity contribution in [2.75, 3.05) is 0 Å². The minimum atomic E-state index is -0.861. The van der Waals surface area contributed by atoms with E-state index in [4.69, 9.17) is 5.26 Å². The van der Waals surface area contributed by atoms with Crippen molar-refractivity contribution in [3.05, 3.63) is 51.4 Å². The van der Waals surface area contributed by atoms with Crippen LogP contribution in [0.4, 0.5) is 8.78 Å². The second kappa shape index (κ2) is 6.50. The fourth-order valence-electron chi connectivity index (χ4n) is 1.73. The summed E-state index contributed by atoms with van der Waals surface area (Å²) in [5.41, 5.74) is 0.0964. The second-order valence-corrected chi connectivity index (χ2v) is 5.27. The molecule has 0 aliphatic heterocycles. The largest absolute Gasteiger partial charge is 0.301 e. The van der Waals surface area contributed by atoms with Crippen molar-refractivity contribution in [2.24, 2.45) is 0 Å².